The van der Waals surface area contributed by atoms with Gasteiger partial charge in [0, 0.05) is 34.8 Å². The van der Waals surface area contributed by atoms with Crippen LogP contribution in [0.4, 0.5) is 22.9 Å². The van der Waals surface area contributed by atoms with Crippen LogP contribution in [0.25, 0.3) is 32.9 Å². The van der Waals surface area contributed by atoms with Crippen LogP contribution < -0.4 is 26.3 Å². The maximum atomic E-state index is 6.33. The number of benzene rings is 2. The number of anilines is 4. The third-order valence-corrected chi connectivity index (χ3v) is 5.49. The Balaban J connectivity index is 1.64. The molecule has 0 radical (unpaired) electrons. The summed E-state index contributed by atoms with van der Waals surface area (Å²) < 4.78 is 10.9. The third-order valence-electron chi connectivity index (χ3n) is 5.49. The molecule has 0 aliphatic carbocycles. The van der Waals surface area contributed by atoms with Gasteiger partial charge in [0.25, 0.3) is 0 Å². The number of nitrogen functional groups attached to an aromatic ring is 2. The zero-order chi connectivity index (χ0) is 22.9. The smallest absolute Gasteiger partial charge is 0.162 e. The van der Waals surface area contributed by atoms with Crippen molar-refractivity contribution < 1.29 is 9.47 Å². The van der Waals surface area contributed by atoms with Crippen LogP contribution in [-0.2, 0) is 0 Å². The SMILES string of the molecule is COc1cc2ncc3c(N)nc(-c4cncc(Nc5ccccc5N)c4)cc3c2cc1OC. The minimum absolute atomic E-state index is 0.386. The van der Waals surface area contributed by atoms with E-state index in [9.17, 15) is 0 Å². The van der Waals surface area contributed by atoms with E-state index >= 15 is 0 Å². The Bertz CT molecular complexity index is 1500. The fourth-order valence-electron chi connectivity index (χ4n) is 3.82. The van der Waals surface area contributed by atoms with E-state index in [2.05, 4.69) is 20.3 Å². The second kappa shape index (κ2) is 8.16. The lowest BCUT2D eigenvalue weighted by Gasteiger charge is -2.13. The van der Waals surface area contributed by atoms with Crippen molar-refractivity contribution in [2.45, 2.75) is 0 Å². The van der Waals surface area contributed by atoms with E-state index < -0.39 is 0 Å². The number of hydrogen-bond donors (Lipinski definition) is 3. The van der Waals surface area contributed by atoms with Gasteiger partial charge in [-0.3, -0.25) is 9.97 Å². The van der Waals surface area contributed by atoms with Gasteiger partial charge in [0.05, 0.1) is 48.7 Å². The summed E-state index contributed by atoms with van der Waals surface area (Å²) in [6, 6.07) is 15.3. The van der Waals surface area contributed by atoms with E-state index in [-0.39, 0.29) is 0 Å². The highest BCUT2D eigenvalue weighted by molar-refractivity contribution is 6.10. The van der Waals surface area contributed by atoms with E-state index in [4.69, 9.17) is 20.9 Å². The summed E-state index contributed by atoms with van der Waals surface area (Å²) in [5.74, 6) is 1.61. The molecule has 0 saturated heterocycles. The molecular weight excluding hydrogens is 416 g/mol. The maximum Gasteiger partial charge on any atom is 0.162 e. The Morgan fingerprint density at radius 2 is 1.61 bits per heavy atom. The molecule has 33 heavy (non-hydrogen) atoms. The number of nitrogens with one attached hydrogen (secondary N) is 1. The quantitative estimate of drug-likeness (QED) is 0.265. The zero-order valence-corrected chi connectivity index (χ0v) is 18.2. The third kappa shape index (κ3) is 3.67. The average Bonchev–Trinajstić information content (AvgIpc) is 2.84. The monoisotopic (exact) mass is 438 g/mol. The summed E-state index contributed by atoms with van der Waals surface area (Å²) in [5, 5.41) is 5.87. The largest absolute Gasteiger partial charge is 0.493 e. The van der Waals surface area contributed by atoms with Crippen LogP contribution in [-0.4, -0.2) is 29.2 Å². The van der Waals surface area contributed by atoms with E-state index in [0.717, 1.165) is 38.6 Å². The fraction of sp³-hybridized carbons (Fsp3) is 0.0800. The van der Waals surface area contributed by atoms with Crippen LogP contribution in [0.15, 0.2) is 67.1 Å². The summed E-state index contributed by atoms with van der Waals surface area (Å²) >= 11 is 0. The van der Waals surface area contributed by atoms with Crippen LogP contribution >= 0.6 is 0 Å². The van der Waals surface area contributed by atoms with E-state index in [1.807, 2.05) is 48.5 Å². The molecule has 0 amide bonds. The maximum absolute atomic E-state index is 6.33. The highest BCUT2D eigenvalue weighted by Crippen LogP contribution is 2.37. The molecule has 8 nitrogen and oxygen atoms in total. The second-order valence-corrected chi connectivity index (χ2v) is 7.51. The van der Waals surface area contributed by atoms with Crippen LogP contribution in [0.3, 0.4) is 0 Å². The molecule has 0 aliphatic rings. The lowest BCUT2D eigenvalue weighted by molar-refractivity contribution is 0.356. The number of para-hydroxylation sites is 2. The lowest BCUT2D eigenvalue weighted by atomic mass is 10.0. The summed E-state index contributed by atoms with van der Waals surface area (Å²) in [6.07, 6.45) is 5.21. The Morgan fingerprint density at radius 3 is 2.39 bits per heavy atom. The number of fused-ring (bicyclic) bond motifs is 3. The van der Waals surface area contributed by atoms with Gasteiger partial charge in [-0.15, -0.1) is 0 Å². The molecule has 0 spiro atoms. The molecule has 0 fully saturated rings. The number of nitrogens with two attached hydrogens (primary N) is 2. The van der Waals surface area contributed by atoms with Gasteiger partial charge in [-0.25, -0.2) is 4.98 Å². The van der Waals surface area contributed by atoms with Crippen LogP contribution in [0, 0.1) is 0 Å². The van der Waals surface area contributed by atoms with Crippen molar-refractivity contribution in [1.82, 2.24) is 15.0 Å². The number of ether oxygens (including phenoxy) is 2. The molecule has 8 heteroatoms. The summed E-state index contributed by atoms with van der Waals surface area (Å²) in [4.78, 5) is 13.5. The Hall–Kier alpha value is -4.59. The first-order chi connectivity index (χ1) is 16.1. The van der Waals surface area contributed by atoms with Crippen LogP contribution in [0.5, 0.6) is 11.5 Å². The summed E-state index contributed by atoms with van der Waals surface area (Å²) in [6.45, 7) is 0. The van der Waals surface area contributed by atoms with Gasteiger partial charge in [-0.1, -0.05) is 12.1 Å². The highest BCUT2D eigenvalue weighted by atomic mass is 16.5. The molecule has 3 aromatic heterocycles. The van der Waals surface area contributed by atoms with Gasteiger partial charge in [-0.2, -0.15) is 0 Å². The van der Waals surface area contributed by atoms with Crippen molar-refractivity contribution in [2.24, 2.45) is 0 Å². The molecule has 0 unspecified atom stereocenters. The predicted octanol–water partition coefficient (Wildman–Crippen LogP) is 4.77. The van der Waals surface area contributed by atoms with Crippen molar-refractivity contribution in [2.75, 3.05) is 31.0 Å². The van der Waals surface area contributed by atoms with Crippen molar-refractivity contribution in [1.29, 1.82) is 0 Å². The van der Waals surface area contributed by atoms with E-state index in [1.165, 1.54) is 0 Å². The van der Waals surface area contributed by atoms with E-state index in [0.29, 0.717) is 28.7 Å². The molecule has 5 rings (SSSR count). The van der Waals surface area contributed by atoms with Gasteiger partial charge in [0.15, 0.2) is 11.5 Å². The molecule has 2 aromatic carbocycles. The summed E-state index contributed by atoms with van der Waals surface area (Å²) in [5.41, 5.74) is 16.9. The van der Waals surface area contributed by atoms with Gasteiger partial charge in [0.2, 0.25) is 0 Å². The molecular formula is C25H22N6O2. The number of pyridine rings is 3. The standard InChI is InChI=1S/C25H22N6O2/c1-32-23-9-17-16-8-21(31-25(27)18(16)13-29-22(17)10-24(23)33-2)14-7-15(12-28-11-14)30-20-6-4-3-5-19(20)26/h3-13,30H,26H2,1-2H3,(H2,27,31). The zero-order valence-electron chi connectivity index (χ0n) is 18.2. The van der Waals surface area contributed by atoms with Crippen LogP contribution in [0.2, 0.25) is 0 Å². The molecule has 0 atom stereocenters. The molecule has 164 valence electrons. The van der Waals surface area contributed by atoms with Gasteiger partial charge < -0.3 is 26.3 Å². The minimum atomic E-state index is 0.386. The molecule has 0 saturated carbocycles. The highest BCUT2D eigenvalue weighted by Gasteiger charge is 2.14. The van der Waals surface area contributed by atoms with Gasteiger partial charge >= 0.3 is 0 Å². The van der Waals surface area contributed by atoms with Crippen LogP contribution in [0.1, 0.15) is 0 Å². The Kier molecular flexibility index (Phi) is 5.02. The first-order valence-corrected chi connectivity index (χ1v) is 10.3. The number of nitrogens with zero attached hydrogens (tertiary/aromatic N) is 3. The lowest BCUT2D eigenvalue weighted by Crippen LogP contribution is -1.99. The fourth-order valence-corrected chi connectivity index (χ4v) is 3.82. The minimum Gasteiger partial charge on any atom is -0.493 e. The first-order valence-electron chi connectivity index (χ1n) is 10.3. The second-order valence-electron chi connectivity index (χ2n) is 7.51. The number of aromatic nitrogens is 3. The topological polar surface area (TPSA) is 121 Å². The number of methoxy groups -OCH3 is 2. The Morgan fingerprint density at radius 1 is 0.818 bits per heavy atom. The molecule has 0 aliphatic heterocycles. The molecule has 0 bridgehead atoms. The predicted molar refractivity (Wildman–Crippen MR) is 132 cm³/mol. The number of rotatable bonds is 5. The average molecular weight is 438 g/mol. The Labute approximate surface area is 190 Å². The molecule has 3 heterocycles. The van der Waals surface area contributed by atoms with Crippen molar-refractivity contribution in [3.05, 3.63) is 67.1 Å². The van der Waals surface area contributed by atoms with Crippen molar-refractivity contribution in [3.8, 4) is 22.8 Å². The van der Waals surface area contributed by atoms with Crippen molar-refractivity contribution >= 4 is 44.6 Å². The molecule has 5 aromatic rings. The normalized spacial score (nSPS) is 11.0. The summed E-state index contributed by atoms with van der Waals surface area (Å²) in [7, 11) is 3.20. The first kappa shape index (κ1) is 20.3. The van der Waals surface area contributed by atoms with E-state index in [1.54, 1.807) is 32.8 Å². The number of hydrogen-bond acceptors (Lipinski definition) is 8. The van der Waals surface area contributed by atoms with Gasteiger partial charge in [0.1, 0.15) is 5.82 Å². The van der Waals surface area contributed by atoms with Gasteiger partial charge in [-0.05, 0) is 35.7 Å². The van der Waals surface area contributed by atoms with Crippen molar-refractivity contribution in [3.63, 3.8) is 0 Å². The molecule has 5 N–H and O–H groups in total.